The molecule has 0 unspecified atom stereocenters. The fraction of sp³-hybridized carbons (Fsp3) is 0.222. The van der Waals surface area contributed by atoms with Crippen LogP contribution in [0.15, 0.2) is 47.4 Å². The molecular formula is C18H14F4N2O5S. The van der Waals surface area contributed by atoms with Crippen LogP contribution >= 0.6 is 0 Å². The monoisotopic (exact) mass is 446 g/mol. The van der Waals surface area contributed by atoms with E-state index in [2.05, 4.69) is 10.2 Å². The Morgan fingerprint density at radius 2 is 1.80 bits per heavy atom. The van der Waals surface area contributed by atoms with Crippen molar-refractivity contribution in [3.63, 3.8) is 0 Å². The molecule has 1 atom stereocenters. The van der Waals surface area contributed by atoms with Crippen molar-refractivity contribution in [2.45, 2.75) is 23.6 Å². The second kappa shape index (κ2) is 8.29. The Bertz CT molecular complexity index is 1090. The van der Waals surface area contributed by atoms with Gasteiger partial charge in [-0.25, -0.2) is 4.85 Å². The van der Waals surface area contributed by atoms with E-state index in [0.29, 0.717) is 6.07 Å². The van der Waals surface area contributed by atoms with Crippen molar-refractivity contribution in [3.8, 4) is 5.75 Å². The van der Waals surface area contributed by atoms with Gasteiger partial charge >= 0.3 is 16.4 Å². The Balaban J connectivity index is 2.10. The average molecular weight is 446 g/mol. The number of amides is 1. The van der Waals surface area contributed by atoms with Gasteiger partial charge in [-0.15, -0.1) is 3.89 Å². The third-order valence-corrected chi connectivity index (χ3v) is 4.63. The fourth-order valence-electron chi connectivity index (χ4n) is 2.19. The number of carbonyl (C=O) groups excluding carboxylic acids is 1. The molecule has 160 valence electrons. The van der Waals surface area contributed by atoms with Crippen LogP contribution in [0.1, 0.15) is 12.5 Å². The van der Waals surface area contributed by atoms with E-state index in [1.54, 1.807) is 0 Å². The van der Waals surface area contributed by atoms with Crippen LogP contribution < -0.4 is 10.1 Å². The van der Waals surface area contributed by atoms with Gasteiger partial charge in [-0.3, -0.25) is 4.79 Å². The van der Waals surface area contributed by atoms with Crippen molar-refractivity contribution in [1.82, 2.24) is 0 Å². The highest BCUT2D eigenvalue weighted by Crippen LogP contribution is 2.38. The molecule has 30 heavy (non-hydrogen) atoms. The van der Waals surface area contributed by atoms with E-state index < -0.39 is 50.7 Å². The molecule has 0 heterocycles. The van der Waals surface area contributed by atoms with Gasteiger partial charge in [0, 0.05) is 5.69 Å². The molecule has 0 radical (unpaired) electrons. The highest BCUT2D eigenvalue weighted by molar-refractivity contribution is 7.86. The number of rotatable bonds is 6. The first kappa shape index (κ1) is 23.1. The lowest BCUT2D eigenvalue weighted by Gasteiger charge is -2.23. The first-order valence-corrected chi connectivity index (χ1v) is 9.42. The summed E-state index contributed by atoms with van der Waals surface area (Å²) >= 11 is 0. The van der Waals surface area contributed by atoms with Crippen LogP contribution in [-0.4, -0.2) is 31.6 Å². The normalized spacial score (nSPS) is 13.8. The third kappa shape index (κ3) is 5.68. The van der Waals surface area contributed by atoms with Crippen molar-refractivity contribution < 1.29 is 40.1 Å². The Labute approximate surface area is 168 Å². The van der Waals surface area contributed by atoms with Crippen LogP contribution in [0.25, 0.3) is 4.85 Å². The Morgan fingerprint density at radius 1 is 1.20 bits per heavy atom. The molecule has 0 bridgehead atoms. The summed E-state index contributed by atoms with van der Waals surface area (Å²) in [6, 6.07) is 6.55. The molecule has 0 saturated carbocycles. The number of hydrogen-bond acceptors (Lipinski definition) is 5. The molecule has 0 saturated heterocycles. The smallest absolute Gasteiger partial charge is 0.407 e. The molecule has 2 aromatic carbocycles. The number of alkyl halides is 3. The van der Waals surface area contributed by atoms with E-state index in [0.717, 1.165) is 43.3 Å². The van der Waals surface area contributed by atoms with Crippen molar-refractivity contribution in [3.05, 3.63) is 59.4 Å². The van der Waals surface area contributed by atoms with Gasteiger partial charge in [0.25, 0.3) is 5.91 Å². The lowest BCUT2D eigenvalue weighted by Crippen LogP contribution is -2.45. The number of benzene rings is 2. The highest BCUT2D eigenvalue weighted by Gasteiger charge is 2.35. The van der Waals surface area contributed by atoms with Gasteiger partial charge in [0.1, 0.15) is 12.4 Å². The predicted molar refractivity (Wildman–Crippen MR) is 97.2 cm³/mol. The number of halogens is 4. The van der Waals surface area contributed by atoms with Crippen LogP contribution in [0.2, 0.25) is 0 Å². The van der Waals surface area contributed by atoms with E-state index in [1.807, 2.05) is 0 Å². The minimum atomic E-state index is -4.90. The Hall–Kier alpha value is -3.17. The van der Waals surface area contributed by atoms with Crippen LogP contribution in [0.4, 0.5) is 28.4 Å². The number of nitrogens with one attached hydrogen (secondary N) is 1. The van der Waals surface area contributed by atoms with E-state index >= 15 is 0 Å². The molecule has 2 N–H and O–H groups in total. The number of anilines is 1. The van der Waals surface area contributed by atoms with Crippen molar-refractivity contribution in [2.75, 3.05) is 11.9 Å². The maximum atomic E-state index is 13.0. The van der Waals surface area contributed by atoms with Gasteiger partial charge in [0.2, 0.25) is 0 Å². The van der Waals surface area contributed by atoms with Crippen LogP contribution in [-0.2, 0) is 21.2 Å². The zero-order valence-electron chi connectivity index (χ0n) is 15.2. The third-order valence-electron chi connectivity index (χ3n) is 3.79. The van der Waals surface area contributed by atoms with Gasteiger partial charge in [0.15, 0.2) is 11.3 Å². The fourth-order valence-corrected chi connectivity index (χ4v) is 2.65. The maximum Gasteiger partial charge on any atom is 0.407 e. The summed E-state index contributed by atoms with van der Waals surface area (Å²) in [6.07, 6.45) is -4.81. The van der Waals surface area contributed by atoms with Crippen LogP contribution in [0, 0.1) is 6.57 Å². The zero-order chi connectivity index (χ0) is 22.7. The molecule has 12 heteroatoms. The summed E-state index contributed by atoms with van der Waals surface area (Å²) < 4.78 is 78.6. The topological polar surface area (TPSA) is 97.1 Å². The van der Waals surface area contributed by atoms with Crippen LogP contribution in [0.5, 0.6) is 5.75 Å². The van der Waals surface area contributed by atoms with E-state index in [9.17, 15) is 35.4 Å². The van der Waals surface area contributed by atoms with E-state index in [-0.39, 0.29) is 11.4 Å². The molecule has 1 amide bonds. The molecule has 0 spiro atoms. The molecule has 2 aromatic rings. The molecule has 0 aromatic heterocycles. The highest BCUT2D eigenvalue weighted by atomic mass is 32.3. The minimum absolute atomic E-state index is 0.0104. The van der Waals surface area contributed by atoms with E-state index in [4.69, 9.17) is 11.3 Å². The number of carbonyl (C=O) groups is 1. The summed E-state index contributed by atoms with van der Waals surface area (Å²) in [5, 5.41) is 12.4. The van der Waals surface area contributed by atoms with Crippen molar-refractivity contribution in [1.29, 1.82) is 0 Å². The molecule has 2 rings (SSSR count). The second-order valence-electron chi connectivity index (χ2n) is 6.27. The molecule has 0 aliphatic heterocycles. The average Bonchev–Trinajstić information content (AvgIpc) is 2.65. The summed E-state index contributed by atoms with van der Waals surface area (Å²) in [5.41, 5.74) is -4.37. The molecule has 0 aliphatic rings. The van der Waals surface area contributed by atoms with Crippen LogP contribution in [0.3, 0.4) is 0 Å². The van der Waals surface area contributed by atoms with Crippen molar-refractivity contribution in [2.24, 2.45) is 0 Å². The largest absolute Gasteiger partial charge is 0.490 e. The first-order valence-electron chi connectivity index (χ1n) is 8.04. The van der Waals surface area contributed by atoms with Gasteiger partial charge < -0.3 is 15.2 Å². The second-order valence-corrected chi connectivity index (χ2v) is 7.61. The Morgan fingerprint density at radius 3 is 2.30 bits per heavy atom. The lowest BCUT2D eigenvalue weighted by atomic mass is 10.1. The summed E-state index contributed by atoms with van der Waals surface area (Å²) in [7, 11) is -4.90. The summed E-state index contributed by atoms with van der Waals surface area (Å²) in [6.45, 7) is 7.18. The quantitative estimate of drug-likeness (QED) is 0.401. The first-order chi connectivity index (χ1) is 13.7. The SMILES string of the molecule is [C-]#[N+]c1ccc(NC(=O)[C@@](C)(O)COc2ccc(S(=O)(=O)F)cc2)cc1C(F)(F)F. The number of hydrogen-bond donors (Lipinski definition) is 2. The predicted octanol–water partition coefficient (Wildman–Crippen LogP) is 3.68. The summed E-state index contributed by atoms with van der Waals surface area (Å²) in [4.78, 5) is 14.4. The summed E-state index contributed by atoms with van der Waals surface area (Å²) in [5.74, 6) is -1.08. The number of ether oxygens (including phenoxy) is 1. The van der Waals surface area contributed by atoms with Gasteiger partial charge in [-0.1, -0.05) is 6.07 Å². The number of nitrogens with zero attached hydrogens (tertiary/aromatic N) is 1. The molecule has 0 fully saturated rings. The maximum absolute atomic E-state index is 13.0. The van der Waals surface area contributed by atoms with E-state index in [1.165, 1.54) is 0 Å². The molecule has 7 nitrogen and oxygen atoms in total. The minimum Gasteiger partial charge on any atom is -0.490 e. The molecule has 0 aliphatic carbocycles. The lowest BCUT2D eigenvalue weighted by molar-refractivity contribution is -0.137. The number of aliphatic hydroxyl groups is 1. The van der Waals surface area contributed by atoms with Gasteiger partial charge in [-0.05, 0) is 43.3 Å². The molecular weight excluding hydrogens is 432 g/mol. The standard InChI is InChI=1S/C18H14F4N2O5S/c1-17(26,10-29-12-4-6-13(7-5-12)30(22,27)28)16(25)24-11-3-8-15(23-2)14(9-11)18(19,20)21/h3-9,26H,10H2,1H3,(H,24,25)/t17-/m0/s1. The van der Waals surface area contributed by atoms with Gasteiger partial charge in [-0.2, -0.15) is 21.6 Å². The van der Waals surface area contributed by atoms with Gasteiger partial charge in [0.05, 0.1) is 17.0 Å². The Kier molecular flexibility index (Phi) is 6.39. The van der Waals surface area contributed by atoms with Crippen molar-refractivity contribution >= 4 is 27.5 Å². The zero-order valence-corrected chi connectivity index (χ0v) is 16.0.